The van der Waals surface area contributed by atoms with Crippen molar-refractivity contribution in [3.8, 4) is 0 Å². The Labute approximate surface area is 117 Å². The highest BCUT2D eigenvalue weighted by Crippen LogP contribution is 2.43. The van der Waals surface area contributed by atoms with Crippen molar-refractivity contribution in [1.29, 1.82) is 0 Å². The van der Waals surface area contributed by atoms with Crippen LogP contribution in [0.4, 0.5) is 4.39 Å². The van der Waals surface area contributed by atoms with Crippen molar-refractivity contribution in [3.05, 3.63) is 34.1 Å². The molecule has 2 rings (SSSR count). The molecule has 0 aliphatic heterocycles. The number of benzene rings is 1. The first-order valence-corrected chi connectivity index (χ1v) is 7.59. The molecule has 1 aliphatic carbocycles. The van der Waals surface area contributed by atoms with E-state index >= 15 is 0 Å². The molecule has 0 heterocycles. The van der Waals surface area contributed by atoms with E-state index in [1.165, 1.54) is 19.3 Å². The molecule has 0 saturated heterocycles. The summed E-state index contributed by atoms with van der Waals surface area (Å²) >= 11 is 3.31. The van der Waals surface area contributed by atoms with Gasteiger partial charge >= 0.3 is 0 Å². The van der Waals surface area contributed by atoms with Gasteiger partial charge in [-0.25, -0.2) is 4.39 Å². The van der Waals surface area contributed by atoms with Crippen LogP contribution in [0.15, 0.2) is 22.7 Å². The van der Waals surface area contributed by atoms with Crippen LogP contribution in [-0.2, 0) is 6.42 Å². The highest BCUT2D eigenvalue weighted by molar-refractivity contribution is 9.10. The van der Waals surface area contributed by atoms with Gasteiger partial charge in [-0.3, -0.25) is 0 Å². The normalized spacial score (nSPS) is 17.5. The Morgan fingerprint density at radius 1 is 1.39 bits per heavy atom. The minimum absolute atomic E-state index is 0.0776. The molecule has 0 bridgehead atoms. The van der Waals surface area contributed by atoms with E-state index in [1.807, 2.05) is 12.1 Å². The lowest BCUT2D eigenvalue weighted by atomic mass is 9.65. The van der Waals surface area contributed by atoms with Crippen molar-refractivity contribution in [2.75, 3.05) is 13.1 Å². The van der Waals surface area contributed by atoms with Gasteiger partial charge in [0.25, 0.3) is 0 Å². The van der Waals surface area contributed by atoms with Gasteiger partial charge in [0.05, 0.1) is 0 Å². The third kappa shape index (κ3) is 3.33. The minimum atomic E-state index is -0.0776. The van der Waals surface area contributed by atoms with Crippen LogP contribution in [0.2, 0.25) is 0 Å². The molecule has 0 radical (unpaired) electrons. The van der Waals surface area contributed by atoms with Crippen LogP contribution < -0.4 is 5.32 Å². The Kier molecular flexibility index (Phi) is 4.79. The third-order valence-corrected chi connectivity index (χ3v) is 4.41. The summed E-state index contributed by atoms with van der Waals surface area (Å²) in [4.78, 5) is 0. The molecule has 0 aromatic heterocycles. The van der Waals surface area contributed by atoms with E-state index in [1.54, 1.807) is 6.07 Å². The fraction of sp³-hybridized carbons (Fsp3) is 0.600. The van der Waals surface area contributed by atoms with Crippen LogP contribution in [0, 0.1) is 11.2 Å². The van der Waals surface area contributed by atoms with Gasteiger partial charge in [-0.2, -0.15) is 0 Å². The first-order valence-electron chi connectivity index (χ1n) is 6.80. The molecule has 1 aliphatic rings. The lowest BCUT2D eigenvalue weighted by molar-refractivity contribution is 0.129. The van der Waals surface area contributed by atoms with Crippen molar-refractivity contribution >= 4 is 15.9 Å². The Balaban J connectivity index is 2.01. The first kappa shape index (κ1) is 14.0. The second-order valence-corrected chi connectivity index (χ2v) is 6.36. The highest BCUT2D eigenvalue weighted by Gasteiger charge is 2.37. The number of rotatable bonds is 6. The van der Waals surface area contributed by atoms with E-state index < -0.39 is 0 Å². The Morgan fingerprint density at radius 3 is 2.72 bits per heavy atom. The number of hydrogen-bond donors (Lipinski definition) is 1. The predicted octanol–water partition coefficient (Wildman–Crippen LogP) is 4.30. The zero-order valence-electron chi connectivity index (χ0n) is 10.9. The van der Waals surface area contributed by atoms with Gasteiger partial charge in [0.15, 0.2) is 0 Å². The van der Waals surface area contributed by atoms with Gasteiger partial charge in [0.1, 0.15) is 5.82 Å². The van der Waals surface area contributed by atoms with Crippen LogP contribution in [0.3, 0.4) is 0 Å². The molecule has 3 heteroatoms. The molecule has 100 valence electrons. The van der Waals surface area contributed by atoms with E-state index in [0.717, 1.165) is 36.0 Å². The van der Waals surface area contributed by atoms with Crippen molar-refractivity contribution in [3.63, 3.8) is 0 Å². The Bertz CT molecular complexity index is 401. The lowest BCUT2D eigenvalue weighted by Gasteiger charge is -2.42. The minimum Gasteiger partial charge on any atom is -0.316 e. The summed E-state index contributed by atoms with van der Waals surface area (Å²) in [7, 11) is 0. The quantitative estimate of drug-likeness (QED) is 0.772. The Morgan fingerprint density at radius 2 is 2.17 bits per heavy atom. The van der Waals surface area contributed by atoms with E-state index in [0.29, 0.717) is 5.41 Å². The Hall–Kier alpha value is -0.410. The van der Waals surface area contributed by atoms with Crippen LogP contribution in [0.1, 0.15) is 38.2 Å². The maximum atomic E-state index is 13.9. The van der Waals surface area contributed by atoms with Gasteiger partial charge in [-0.1, -0.05) is 35.3 Å². The molecule has 18 heavy (non-hydrogen) atoms. The third-order valence-electron chi connectivity index (χ3n) is 3.92. The maximum absolute atomic E-state index is 13.9. The first-order chi connectivity index (χ1) is 8.65. The standard InChI is InChI=1S/C15H21BrFN/c1-2-8-18-11-15(6-3-7-15)10-12-4-5-13(16)9-14(12)17/h4-5,9,18H,2-3,6-8,10-11H2,1H3. The molecular weight excluding hydrogens is 293 g/mol. The molecule has 0 unspecified atom stereocenters. The molecule has 0 amide bonds. The fourth-order valence-electron chi connectivity index (χ4n) is 2.69. The smallest absolute Gasteiger partial charge is 0.127 e. The highest BCUT2D eigenvalue weighted by atomic mass is 79.9. The van der Waals surface area contributed by atoms with Gasteiger partial charge < -0.3 is 5.32 Å². The molecule has 1 aromatic rings. The molecule has 1 fully saturated rings. The summed E-state index contributed by atoms with van der Waals surface area (Å²) in [5, 5.41) is 3.50. The van der Waals surface area contributed by atoms with Crippen molar-refractivity contribution in [2.45, 2.75) is 39.0 Å². The number of nitrogens with one attached hydrogen (secondary N) is 1. The zero-order chi connectivity index (χ0) is 13.0. The zero-order valence-corrected chi connectivity index (χ0v) is 12.5. The SMILES string of the molecule is CCCNCC1(Cc2ccc(Br)cc2F)CCC1. The number of hydrogen-bond acceptors (Lipinski definition) is 1. The van der Waals surface area contributed by atoms with Crippen LogP contribution >= 0.6 is 15.9 Å². The summed E-state index contributed by atoms with van der Waals surface area (Å²) in [5.41, 5.74) is 1.15. The molecule has 1 nitrogen and oxygen atoms in total. The van der Waals surface area contributed by atoms with E-state index in [-0.39, 0.29) is 5.82 Å². The largest absolute Gasteiger partial charge is 0.316 e. The summed E-state index contributed by atoms with van der Waals surface area (Å²) in [5.74, 6) is -0.0776. The van der Waals surface area contributed by atoms with Gasteiger partial charge in [-0.05, 0) is 55.3 Å². The van der Waals surface area contributed by atoms with E-state index in [9.17, 15) is 4.39 Å². The van der Waals surface area contributed by atoms with E-state index in [2.05, 4.69) is 28.2 Å². The average molecular weight is 314 g/mol. The summed E-state index contributed by atoms with van der Waals surface area (Å²) < 4.78 is 14.7. The fourth-order valence-corrected chi connectivity index (χ4v) is 3.03. The summed E-state index contributed by atoms with van der Waals surface area (Å²) in [6, 6.07) is 5.42. The summed E-state index contributed by atoms with van der Waals surface area (Å²) in [6.07, 6.45) is 5.75. The second-order valence-electron chi connectivity index (χ2n) is 5.44. The van der Waals surface area contributed by atoms with Gasteiger partial charge in [0.2, 0.25) is 0 Å². The monoisotopic (exact) mass is 313 g/mol. The van der Waals surface area contributed by atoms with Gasteiger partial charge in [0, 0.05) is 11.0 Å². The van der Waals surface area contributed by atoms with Crippen molar-refractivity contribution in [1.82, 2.24) is 5.32 Å². The molecule has 0 spiro atoms. The lowest BCUT2D eigenvalue weighted by Crippen LogP contribution is -2.42. The predicted molar refractivity (Wildman–Crippen MR) is 77.2 cm³/mol. The van der Waals surface area contributed by atoms with Crippen LogP contribution in [0.5, 0.6) is 0 Å². The molecular formula is C15H21BrFN. The average Bonchev–Trinajstić information content (AvgIpc) is 2.29. The number of halogens is 2. The van der Waals surface area contributed by atoms with Gasteiger partial charge in [-0.15, -0.1) is 0 Å². The summed E-state index contributed by atoms with van der Waals surface area (Å²) in [6.45, 7) is 4.26. The van der Waals surface area contributed by atoms with Crippen molar-refractivity contribution in [2.24, 2.45) is 5.41 Å². The van der Waals surface area contributed by atoms with Crippen molar-refractivity contribution < 1.29 is 4.39 Å². The van der Waals surface area contributed by atoms with Crippen LogP contribution in [-0.4, -0.2) is 13.1 Å². The maximum Gasteiger partial charge on any atom is 0.127 e. The molecule has 1 aromatic carbocycles. The molecule has 0 atom stereocenters. The molecule has 1 saturated carbocycles. The van der Waals surface area contributed by atoms with Crippen LogP contribution in [0.25, 0.3) is 0 Å². The topological polar surface area (TPSA) is 12.0 Å². The second kappa shape index (κ2) is 6.16. The molecule has 1 N–H and O–H groups in total. The van der Waals surface area contributed by atoms with E-state index in [4.69, 9.17) is 0 Å².